The summed E-state index contributed by atoms with van der Waals surface area (Å²) in [5, 5.41) is 3.78. The van der Waals surface area contributed by atoms with Crippen molar-refractivity contribution in [1.82, 2.24) is 4.98 Å². The zero-order chi connectivity index (χ0) is 12.1. The smallest absolute Gasteiger partial charge is 0.125 e. The number of pyridine rings is 1. The lowest BCUT2D eigenvalue weighted by Gasteiger charge is -2.03. The molecule has 0 unspecified atom stereocenters. The van der Waals surface area contributed by atoms with Crippen LogP contribution in [0.1, 0.15) is 5.56 Å². The first-order chi connectivity index (χ1) is 8.28. The molecule has 0 fully saturated rings. The summed E-state index contributed by atoms with van der Waals surface area (Å²) in [6.45, 7) is 0. The van der Waals surface area contributed by atoms with Crippen LogP contribution in [0, 0.1) is 0 Å². The van der Waals surface area contributed by atoms with Crippen LogP contribution in [0.2, 0.25) is 5.02 Å². The van der Waals surface area contributed by atoms with Gasteiger partial charge >= 0.3 is 0 Å². The van der Waals surface area contributed by atoms with E-state index in [1.807, 2.05) is 37.5 Å². The lowest BCUT2D eigenvalue weighted by molar-refractivity contribution is 1.23. The highest BCUT2D eigenvalue weighted by Gasteiger charge is 1.98. The minimum atomic E-state index is 0.777. The SMILES string of the molecule is CNc1ccc(CSc2cccc(Cl)c2)cn1. The van der Waals surface area contributed by atoms with E-state index >= 15 is 0 Å². The zero-order valence-electron chi connectivity index (χ0n) is 9.48. The third-order valence-corrected chi connectivity index (χ3v) is 3.58. The summed E-state index contributed by atoms with van der Waals surface area (Å²) in [5.74, 6) is 1.79. The molecule has 0 aliphatic carbocycles. The van der Waals surface area contributed by atoms with Gasteiger partial charge in [0.25, 0.3) is 0 Å². The molecule has 2 nitrogen and oxygen atoms in total. The zero-order valence-corrected chi connectivity index (χ0v) is 11.1. The van der Waals surface area contributed by atoms with Crippen molar-refractivity contribution in [3.63, 3.8) is 0 Å². The van der Waals surface area contributed by atoms with Crippen LogP contribution in [0.5, 0.6) is 0 Å². The van der Waals surface area contributed by atoms with E-state index < -0.39 is 0 Å². The van der Waals surface area contributed by atoms with Gasteiger partial charge in [-0.3, -0.25) is 0 Å². The molecule has 0 aliphatic heterocycles. The van der Waals surface area contributed by atoms with Crippen molar-refractivity contribution >= 4 is 29.2 Å². The number of benzene rings is 1. The summed E-state index contributed by atoms with van der Waals surface area (Å²) in [7, 11) is 1.86. The van der Waals surface area contributed by atoms with Gasteiger partial charge in [0.15, 0.2) is 0 Å². The molecular weight excluding hydrogens is 252 g/mol. The van der Waals surface area contributed by atoms with Gasteiger partial charge in [-0.25, -0.2) is 4.98 Å². The second kappa shape index (κ2) is 5.94. The van der Waals surface area contributed by atoms with Gasteiger partial charge in [-0.1, -0.05) is 23.7 Å². The van der Waals surface area contributed by atoms with Crippen LogP contribution in [0.25, 0.3) is 0 Å². The molecule has 0 saturated heterocycles. The van der Waals surface area contributed by atoms with Crippen LogP contribution in [0.3, 0.4) is 0 Å². The van der Waals surface area contributed by atoms with Crippen LogP contribution in [-0.2, 0) is 5.75 Å². The Morgan fingerprint density at radius 2 is 2.18 bits per heavy atom. The lowest BCUT2D eigenvalue weighted by atomic mass is 10.3. The normalized spacial score (nSPS) is 10.2. The fourth-order valence-electron chi connectivity index (χ4n) is 1.38. The van der Waals surface area contributed by atoms with Crippen molar-refractivity contribution in [3.8, 4) is 0 Å². The fourth-order valence-corrected chi connectivity index (χ4v) is 2.53. The average molecular weight is 265 g/mol. The Morgan fingerprint density at radius 3 is 2.82 bits per heavy atom. The van der Waals surface area contributed by atoms with Crippen molar-refractivity contribution in [2.24, 2.45) is 0 Å². The molecule has 0 atom stereocenters. The summed E-state index contributed by atoms with van der Waals surface area (Å²) < 4.78 is 0. The molecule has 88 valence electrons. The van der Waals surface area contributed by atoms with Gasteiger partial charge in [0.2, 0.25) is 0 Å². The van der Waals surface area contributed by atoms with Crippen LogP contribution in [0.15, 0.2) is 47.5 Å². The number of nitrogens with zero attached hydrogens (tertiary/aromatic N) is 1. The first kappa shape index (κ1) is 12.3. The van der Waals surface area contributed by atoms with E-state index in [9.17, 15) is 0 Å². The summed E-state index contributed by atoms with van der Waals surface area (Å²) in [4.78, 5) is 5.45. The fraction of sp³-hybridized carbons (Fsp3) is 0.154. The third-order valence-electron chi connectivity index (χ3n) is 2.28. The van der Waals surface area contributed by atoms with E-state index in [0.29, 0.717) is 0 Å². The summed E-state index contributed by atoms with van der Waals surface area (Å²) in [6, 6.07) is 11.9. The number of aromatic nitrogens is 1. The van der Waals surface area contributed by atoms with Crippen molar-refractivity contribution in [3.05, 3.63) is 53.2 Å². The Kier molecular flexibility index (Phi) is 4.29. The predicted octanol–water partition coefficient (Wildman–Crippen LogP) is 4.07. The molecule has 0 radical (unpaired) electrons. The minimum absolute atomic E-state index is 0.777. The van der Waals surface area contributed by atoms with Crippen LogP contribution in [0.4, 0.5) is 5.82 Å². The largest absolute Gasteiger partial charge is 0.373 e. The van der Waals surface area contributed by atoms with E-state index in [1.54, 1.807) is 11.8 Å². The van der Waals surface area contributed by atoms with Gasteiger partial charge in [-0.15, -0.1) is 11.8 Å². The monoisotopic (exact) mass is 264 g/mol. The molecule has 0 saturated carbocycles. The number of hydrogen-bond donors (Lipinski definition) is 1. The first-order valence-corrected chi connectivity index (χ1v) is 6.65. The molecule has 17 heavy (non-hydrogen) atoms. The van der Waals surface area contributed by atoms with Crippen LogP contribution in [-0.4, -0.2) is 12.0 Å². The number of thioether (sulfide) groups is 1. The third kappa shape index (κ3) is 3.65. The van der Waals surface area contributed by atoms with E-state index in [-0.39, 0.29) is 0 Å². The maximum atomic E-state index is 5.93. The topological polar surface area (TPSA) is 24.9 Å². The number of hydrogen-bond acceptors (Lipinski definition) is 3. The molecule has 0 amide bonds. The molecule has 1 aromatic heterocycles. The molecule has 0 spiro atoms. The second-order valence-corrected chi connectivity index (χ2v) is 5.03. The minimum Gasteiger partial charge on any atom is -0.373 e. The Labute approximate surface area is 110 Å². The highest BCUT2D eigenvalue weighted by atomic mass is 35.5. The Morgan fingerprint density at radius 1 is 1.29 bits per heavy atom. The standard InChI is InChI=1S/C13H13ClN2S/c1-15-13-6-5-10(8-16-13)9-17-12-4-2-3-11(14)7-12/h2-8H,9H2,1H3,(H,15,16). The van der Waals surface area contributed by atoms with Crippen molar-refractivity contribution in [2.45, 2.75) is 10.6 Å². The lowest BCUT2D eigenvalue weighted by Crippen LogP contribution is -1.92. The van der Waals surface area contributed by atoms with E-state index in [2.05, 4.69) is 22.4 Å². The van der Waals surface area contributed by atoms with E-state index in [4.69, 9.17) is 11.6 Å². The van der Waals surface area contributed by atoms with Crippen molar-refractivity contribution < 1.29 is 0 Å². The van der Waals surface area contributed by atoms with Gasteiger partial charge in [0.05, 0.1) is 0 Å². The van der Waals surface area contributed by atoms with E-state index in [0.717, 1.165) is 16.6 Å². The molecule has 0 aliphatic rings. The predicted molar refractivity (Wildman–Crippen MR) is 74.8 cm³/mol. The van der Waals surface area contributed by atoms with Gasteiger partial charge < -0.3 is 5.32 Å². The van der Waals surface area contributed by atoms with E-state index in [1.165, 1.54) is 10.5 Å². The molecular formula is C13H13ClN2S. The van der Waals surface area contributed by atoms with Gasteiger partial charge in [-0.2, -0.15) is 0 Å². The molecule has 1 heterocycles. The van der Waals surface area contributed by atoms with Crippen molar-refractivity contribution in [2.75, 3.05) is 12.4 Å². The van der Waals surface area contributed by atoms with Crippen LogP contribution < -0.4 is 5.32 Å². The Hall–Kier alpha value is -1.19. The summed E-state index contributed by atoms with van der Waals surface area (Å²) in [6.07, 6.45) is 1.89. The number of rotatable bonds is 4. The molecule has 1 N–H and O–H groups in total. The first-order valence-electron chi connectivity index (χ1n) is 5.29. The average Bonchev–Trinajstić information content (AvgIpc) is 2.37. The molecule has 2 aromatic rings. The van der Waals surface area contributed by atoms with Gasteiger partial charge in [-0.05, 0) is 29.8 Å². The molecule has 2 rings (SSSR count). The Balaban J connectivity index is 1.97. The summed E-state index contributed by atoms with van der Waals surface area (Å²) >= 11 is 7.69. The van der Waals surface area contributed by atoms with Gasteiger partial charge in [0, 0.05) is 28.9 Å². The highest BCUT2D eigenvalue weighted by Crippen LogP contribution is 2.25. The maximum Gasteiger partial charge on any atom is 0.125 e. The molecule has 0 bridgehead atoms. The van der Waals surface area contributed by atoms with Crippen molar-refractivity contribution in [1.29, 1.82) is 0 Å². The maximum absolute atomic E-state index is 5.93. The molecule has 1 aromatic carbocycles. The van der Waals surface area contributed by atoms with Crippen LogP contribution >= 0.6 is 23.4 Å². The van der Waals surface area contributed by atoms with Gasteiger partial charge in [0.1, 0.15) is 5.82 Å². The molecule has 4 heteroatoms. The number of anilines is 1. The number of nitrogens with one attached hydrogen (secondary N) is 1. The quantitative estimate of drug-likeness (QED) is 0.843. The second-order valence-electron chi connectivity index (χ2n) is 3.55. The Bertz CT molecular complexity index is 485. The highest BCUT2D eigenvalue weighted by molar-refractivity contribution is 7.98. The number of halogens is 1. The summed E-state index contributed by atoms with van der Waals surface area (Å²) in [5.41, 5.74) is 1.20.